The highest BCUT2D eigenvalue weighted by molar-refractivity contribution is 7.05. The SMILES string of the molecule is CCN(CCO)Cc1nc(C2CC(Cn3ccc4ccccc43)CC(Cl)O2)ns1. The number of para-hydroxylation sites is 1. The number of nitrogens with zero attached hydrogens (tertiary/aromatic N) is 4. The lowest BCUT2D eigenvalue weighted by Gasteiger charge is -2.31. The molecule has 2 aromatic heterocycles. The minimum Gasteiger partial charge on any atom is -0.395 e. The van der Waals surface area contributed by atoms with Crippen molar-refractivity contribution in [2.45, 2.75) is 44.5 Å². The standard InChI is InChI=1S/C21H27ClN4O2S/c1-2-25(9-10-27)14-20-23-21(24-29-20)18-11-15(12-19(22)28-18)13-26-8-7-16-5-3-4-6-17(16)26/h3-8,15,18-19,27H,2,9-14H2,1H3. The van der Waals surface area contributed by atoms with E-state index in [-0.39, 0.29) is 18.3 Å². The molecule has 3 aromatic rings. The van der Waals surface area contributed by atoms with Gasteiger partial charge in [-0.2, -0.15) is 4.37 Å². The molecule has 1 aromatic carbocycles. The Morgan fingerprint density at radius 1 is 1.31 bits per heavy atom. The number of ether oxygens (including phenoxy) is 1. The second-order valence-electron chi connectivity index (χ2n) is 7.54. The molecule has 156 valence electrons. The van der Waals surface area contributed by atoms with Crippen LogP contribution in [-0.4, -0.2) is 49.2 Å². The van der Waals surface area contributed by atoms with Crippen LogP contribution in [0.15, 0.2) is 36.5 Å². The second kappa shape index (κ2) is 9.53. The van der Waals surface area contributed by atoms with Gasteiger partial charge in [0.1, 0.15) is 16.7 Å². The molecule has 0 amide bonds. The molecule has 0 radical (unpaired) electrons. The van der Waals surface area contributed by atoms with E-state index in [1.165, 1.54) is 22.4 Å². The zero-order valence-corrected chi connectivity index (χ0v) is 18.1. The fraction of sp³-hybridized carbons (Fsp3) is 0.524. The first kappa shape index (κ1) is 20.8. The summed E-state index contributed by atoms with van der Waals surface area (Å²) < 4.78 is 12.8. The van der Waals surface area contributed by atoms with Gasteiger partial charge in [0, 0.05) is 24.8 Å². The van der Waals surface area contributed by atoms with Crippen molar-refractivity contribution in [1.29, 1.82) is 0 Å². The number of benzene rings is 1. The molecular formula is C21H27ClN4O2S. The van der Waals surface area contributed by atoms with Crippen molar-refractivity contribution in [3.05, 3.63) is 47.4 Å². The van der Waals surface area contributed by atoms with Crippen LogP contribution in [0.4, 0.5) is 0 Å². The van der Waals surface area contributed by atoms with Crippen molar-refractivity contribution in [2.75, 3.05) is 19.7 Å². The maximum Gasteiger partial charge on any atom is 0.171 e. The number of rotatable bonds is 8. The third-order valence-electron chi connectivity index (χ3n) is 5.51. The lowest BCUT2D eigenvalue weighted by Crippen LogP contribution is -2.28. The van der Waals surface area contributed by atoms with Crippen LogP contribution in [0.2, 0.25) is 0 Å². The van der Waals surface area contributed by atoms with E-state index >= 15 is 0 Å². The van der Waals surface area contributed by atoms with E-state index in [0.29, 0.717) is 19.0 Å². The quantitative estimate of drug-likeness (QED) is 0.542. The Morgan fingerprint density at radius 2 is 2.17 bits per heavy atom. The van der Waals surface area contributed by atoms with Gasteiger partial charge < -0.3 is 14.4 Å². The molecule has 1 fully saturated rings. The fourth-order valence-corrected chi connectivity index (χ4v) is 5.10. The first-order valence-electron chi connectivity index (χ1n) is 10.2. The number of likely N-dealkylation sites (N-methyl/N-ethyl adjacent to an activating group) is 1. The highest BCUT2D eigenvalue weighted by Gasteiger charge is 2.32. The van der Waals surface area contributed by atoms with Gasteiger partial charge in [0.15, 0.2) is 5.82 Å². The van der Waals surface area contributed by atoms with Crippen molar-refractivity contribution < 1.29 is 9.84 Å². The number of aliphatic hydroxyl groups excluding tert-OH is 1. The fourth-order valence-electron chi connectivity index (χ4n) is 3.99. The summed E-state index contributed by atoms with van der Waals surface area (Å²) in [6.07, 6.45) is 3.66. The summed E-state index contributed by atoms with van der Waals surface area (Å²) in [5, 5.41) is 11.4. The van der Waals surface area contributed by atoms with Crippen LogP contribution in [0, 0.1) is 5.92 Å². The van der Waals surface area contributed by atoms with Crippen molar-refractivity contribution >= 4 is 34.0 Å². The molecular weight excluding hydrogens is 408 g/mol. The molecule has 3 atom stereocenters. The number of alkyl halides is 1. The minimum absolute atomic E-state index is 0.148. The molecule has 3 heterocycles. The summed E-state index contributed by atoms with van der Waals surface area (Å²) in [6, 6.07) is 10.6. The highest BCUT2D eigenvalue weighted by Crippen LogP contribution is 2.37. The number of hydrogen-bond donors (Lipinski definition) is 1. The van der Waals surface area contributed by atoms with Gasteiger partial charge in [0.2, 0.25) is 0 Å². The smallest absolute Gasteiger partial charge is 0.171 e. The van der Waals surface area contributed by atoms with Crippen molar-refractivity contribution in [1.82, 2.24) is 18.8 Å². The second-order valence-corrected chi connectivity index (χ2v) is 8.86. The van der Waals surface area contributed by atoms with Crippen molar-refractivity contribution in [2.24, 2.45) is 5.92 Å². The monoisotopic (exact) mass is 434 g/mol. The maximum atomic E-state index is 9.17. The Labute approximate surface area is 180 Å². The van der Waals surface area contributed by atoms with E-state index < -0.39 is 0 Å². The summed E-state index contributed by atoms with van der Waals surface area (Å²) in [4.78, 5) is 6.86. The normalized spacial score (nSPS) is 22.6. The summed E-state index contributed by atoms with van der Waals surface area (Å²) in [6.45, 7) is 5.34. The molecule has 29 heavy (non-hydrogen) atoms. The molecule has 0 aliphatic carbocycles. The topological polar surface area (TPSA) is 63.4 Å². The average molecular weight is 435 g/mol. The first-order valence-corrected chi connectivity index (χ1v) is 11.4. The molecule has 1 saturated heterocycles. The highest BCUT2D eigenvalue weighted by atomic mass is 35.5. The lowest BCUT2D eigenvalue weighted by atomic mass is 9.95. The lowest BCUT2D eigenvalue weighted by molar-refractivity contribution is -0.0403. The maximum absolute atomic E-state index is 9.17. The minimum atomic E-state index is -0.325. The van der Waals surface area contributed by atoms with Crippen LogP contribution in [-0.2, 0) is 17.8 Å². The van der Waals surface area contributed by atoms with Gasteiger partial charge in [-0.3, -0.25) is 4.90 Å². The third-order valence-corrected chi connectivity index (χ3v) is 6.50. The van der Waals surface area contributed by atoms with E-state index in [2.05, 4.69) is 57.3 Å². The number of aliphatic hydroxyl groups is 1. The molecule has 4 rings (SSSR count). The number of fused-ring (bicyclic) bond motifs is 1. The molecule has 1 aliphatic heterocycles. The number of halogens is 1. The number of aromatic nitrogens is 3. The Hall–Kier alpha value is -1.51. The third kappa shape index (κ3) is 4.98. The van der Waals surface area contributed by atoms with Gasteiger partial charge >= 0.3 is 0 Å². The Kier molecular flexibility index (Phi) is 6.82. The van der Waals surface area contributed by atoms with E-state index in [1.807, 2.05) is 0 Å². The molecule has 6 nitrogen and oxygen atoms in total. The summed E-state index contributed by atoms with van der Waals surface area (Å²) in [5.74, 6) is 1.14. The van der Waals surface area contributed by atoms with Crippen LogP contribution >= 0.6 is 23.1 Å². The Morgan fingerprint density at radius 3 is 3.00 bits per heavy atom. The van der Waals surface area contributed by atoms with Crippen LogP contribution in [0.1, 0.15) is 36.7 Å². The van der Waals surface area contributed by atoms with Crippen molar-refractivity contribution in [3.63, 3.8) is 0 Å². The van der Waals surface area contributed by atoms with Crippen molar-refractivity contribution in [3.8, 4) is 0 Å². The summed E-state index contributed by atoms with van der Waals surface area (Å²) in [7, 11) is 0. The van der Waals surface area contributed by atoms with Crippen LogP contribution < -0.4 is 0 Å². The predicted octanol–water partition coefficient (Wildman–Crippen LogP) is 4.04. The van der Waals surface area contributed by atoms with Crippen LogP contribution in [0.25, 0.3) is 10.9 Å². The largest absolute Gasteiger partial charge is 0.395 e. The zero-order chi connectivity index (χ0) is 20.2. The molecule has 0 spiro atoms. The molecule has 1 N–H and O–H groups in total. The van der Waals surface area contributed by atoms with Gasteiger partial charge in [-0.25, -0.2) is 4.98 Å². The van der Waals surface area contributed by atoms with E-state index in [0.717, 1.165) is 36.8 Å². The molecule has 8 heteroatoms. The first-order chi connectivity index (χ1) is 14.2. The molecule has 0 saturated carbocycles. The van der Waals surface area contributed by atoms with E-state index in [1.54, 1.807) is 0 Å². The van der Waals surface area contributed by atoms with Crippen LogP contribution in [0.5, 0.6) is 0 Å². The van der Waals surface area contributed by atoms with Crippen LogP contribution in [0.3, 0.4) is 0 Å². The zero-order valence-electron chi connectivity index (χ0n) is 16.6. The average Bonchev–Trinajstić information content (AvgIpc) is 3.35. The molecule has 3 unspecified atom stereocenters. The van der Waals surface area contributed by atoms with Gasteiger partial charge in [-0.05, 0) is 54.4 Å². The summed E-state index contributed by atoms with van der Waals surface area (Å²) >= 11 is 7.86. The molecule has 1 aliphatic rings. The molecule has 0 bridgehead atoms. The van der Waals surface area contributed by atoms with Gasteiger partial charge in [0.25, 0.3) is 0 Å². The Balaban J connectivity index is 1.44. The van der Waals surface area contributed by atoms with Gasteiger partial charge in [-0.1, -0.05) is 36.7 Å². The van der Waals surface area contributed by atoms with Gasteiger partial charge in [0.05, 0.1) is 13.2 Å². The Bertz CT molecular complexity index is 930. The van der Waals surface area contributed by atoms with Gasteiger partial charge in [-0.15, -0.1) is 0 Å². The number of hydrogen-bond acceptors (Lipinski definition) is 6. The predicted molar refractivity (Wildman–Crippen MR) is 116 cm³/mol. The van der Waals surface area contributed by atoms with E-state index in [4.69, 9.17) is 21.3 Å². The summed E-state index contributed by atoms with van der Waals surface area (Å²) in [5.41, 5.74) is 0.924. The van der Waals surface area contributed by atoms with E-state index in [9.17, 15) is 5.11 Å².